The van der Waals surface area contributed by atoms with E-state index >= 15 is 0 Å². The van der Waals surface area contributed by atoms with Gasteiger partial charge in [0, 0.05) is 22.2 Å². The Labute approximate surface area is 168 Å². The third kappa shape index (κ3) is 5.60. The Morgan fingerprint density at radius 1 is 1.07 bits per heavy atom. The number of carbonyl (C=O) groups is 2. The molecule has 144 valence electrons. The first-order valence-electron chi connectivity index (χ1n) is 8.91. The molecule has 0 fully saturated rings. The smallest absolute Gasteiger partial charge is 0.253 e. The highest BCUT2D eigenvalue weighted by molar-refractivity contribution is 9.10. The Bertz CT molecular complexity index is 836. The van der Waals surface area contributed by atoms with Crippen molar-refractivity contribution in [3.63, 3.8) is 0 Å². The van der Waals surface area contributed by atoms with Crippen molar-refractivity contribution in [3.8, 4) is 0 Å². The average molecular weight is 433 g/mol. The Morgan fingerprint density at radius 3 is 2.33 bits per heavy atom. The van der Waals surface area contributed by atoms with Gasteiger partial charge in [0.2, 0.25) is 5.91 Å². The van der Waals surface area contributed by atoms with E-state index in [4.69, 9.17) is 0 Å². The largest absolute Gasteiger partial charge is 0.340 e. The van der Waals surface area contributed by atoms with Gasteiger partial charge in [0.15, 0.2) is 0 Å². The monoisotopic (exact) mass is 432 g/mol. The standard InChI is InChI=1S/C20H25BrN4O2/c1-11(2)17(25-19(26)14-8-6-7-9-15(14)21)20(27)24-16-10-13(5)22-18(23-16)12(3)4/h6-12,17H,1-5H3,(H,25,26)(H,22,23,24,27). The van der Waals surface area contributed by atoms with Crippen LogP contribution in [0.1, 0.15) is 55.5 Å². The number of rotatable bonds is 6. The van der Waals surface area contributed by atoms with Crippen LogP contribution in [0.15, 0.2) is 34.8 Å². The maximum Gasteiger partial charge on any atom is 0.253 e. The minimum absolute atomic E-state index is 0.0936. The van der Waals surface area contributed by atoms with Gasteiger partial charge in [-0.3, -0.25) is 9.59 Å². The molecule has 1 aromatic carbocycles. The van der Waals surface area contributed by atoms with Crippen molar-refractivity contribution >= 4 is 33.6 Å². The van der Waals surface area contributed by atoms with Crippen LogP contribution < -0.4 is 10.6 Å². The first kappa shape index (κ1) is 21.0. The van der Waals surface area contributed by atoms with Crippen molar-refractivity contribution in [2.75, 3.05) is 5.32 Å². The lowest BCUT2D eigenvalue weighted by Crippen LogP contribution is -2.47. The fraction of sp³-hybridized carbons (Fsp3) is 0.400. The van der Waals surface area contributed by atoms with Gasteiger partial charge in [0.05, 0.1) is 5.56 Å². The number of nitrogens with zero attached hydrogens (tertiary/aromatic N) is 2. The Morgan fingerprint density at radius 2 is 1.74 bits per heavy atom. The first-order chi connectivity index (χ1) is 12.7. The molecule has 27 heavy (non-hydrogen) atoms. The van der Waals surface area contributed by atoms with Gasteiger partial charge in [-0.05, 0) is 40.9 Å². The minimum atomic E-state index is -0.692. The number of hydrogen-bond acceptors (Lipinski definition) is 4. The van der Waals surface area contributed by atoms with Gasteiger partial charge in [0.25, 0.3) is 5.91 Å². The summed E-state index contributed by atoms with van der Waals surface area (Å²) in [4.78, 5) is 34.2. The van der Waals surface area contributed by atoms with Gasteiger partial charge in [-0.15, -0.1) is 0 Å². The zero-order valence-electron chi connectivity index (χ0n) is 16.2. The highest BCUT2D eigenvalue weighted by Crippen LogP contribution is 2.17. The summed E-state index contributed by atoms with van der Waals surface area (Å²) in [6.45, 7) is 9.62. The van der Waals surface area contributed by atoms with Crippen LogP contribution in [0, 0.1) is 12.8 Å². The number of aromatic nitrogens is 2. The van der Waals surface area contributed by atoms with E-state index in [1.165, 1.54) is 0 Å². The molecule has 0 aliphatic rings. The summed E-state index contributed by atoms with van der Waals surface area (Å²) < 4.78 is 0.679. The van der Waals surface area contributed by atoms with Crippen LogP contribution in [-0.4, -0.2) is 27.8 Å². The van der Waals surface area contributed by atoms with E-state index in [2.05, 4.69) is 36.5 Å². The highest BCUT2D eigenvalue weighted by Gasteiger charge is 2.26. The van der Waals surface area contributed by atoms with Gasteiger partial charge >= 0.3 is 0 Å². The topological polar surface area (TPSA) is 84.0 Å². The summed E-state index contributed by atoms with van der Waals surface area (Å²) in [7, 11) is 0. The number of benzene rings is 1. The van der Waals surface area contributed by atoms with Gasteiger partial charge in [-0.2, -0.15) is 0 Å². The molecule has 0 saturated carbocycles. The number of carbonyl (C=O) groups excluding carboxylic acids is 2. The van der Waals surface area contributed by atoms with E-state index in [1.54, 1.807) is 24.3 Å². The molecule has 0 saturated heterocycles. The molecule has 0 aliphatic carbocycles. The number of hydrogen-bond donors (Lipinski definition) is 2. The molecule has 0 radical (unpaired) electrons. The van der Waals surface area contributed by atoms with Crippen LogP contribution >= 0.6 is 15.9 Å². The Balaban J connectivity index is 2.18. The summed E-state index contributed by atoms with van der Waals surface area (Å²) in [5.41, 5.74) is 1.26. The minimum Gasteiger partial charge on any atom is -0.340 e. The maximum absolute atomic E-state index is 12.8. The summed E-state index contributed by atoms with van der Waals surface area (Å²) in [5.74, 6) is 0.553. The van der Waals surface area contributed by atoms with Crippen molar-refractivity contribution < 1.29 is 9.59 Å². The quantitative estimate of drug-likeness (QED) is 0.720. The highest BCUT2D eigenvalue weighted by atomic mass is 79.9. The third-order valence-corrected chi connectivity index (χ3v) is 4.68. The van der Waals surface area contributed by atoms with Crippen molar-refractivity contribution in [1.29, 1.82) is 0 Å². The summed E-state index contributed by atoms with van der Waals surface area (Å²) in [6, 6.07) is 8.13. The molecule has 2 amide bonds. The van der Waals surface area contributed by atoms with Crippen LogP contribution in [-0.2, 0) is 4.79 Å². The molecule has 0 bridgehead atoms. The van der Waals surface area contributed by atoms with E-state index in [0.29, 0.717) is 21.7 Å². The normalized spacial score (nSPS) is 12.1. The van der Waals surface area contributed by atoms with Crippen LogP contribution in [0.3, 0.4) is 0 Å². The van der Waals surface area contributed by atoms with Crippen molar-refractivity contribution in [2.45, 2.75) is 46.6 Å². The zero-order valence-corrected chi connectivity index (χ0v) is 17.8. The van der Waals surface area contributed by atoms with E-state index in [9.17, 15) is 9.59 Å². The van der Waals surface area contributed by atoms with Crippen LogP contribution in [0.4, 0.5) is 5.82 Å². The molecule has 2 N–H and O–H groups in total. The second-order valence-electron chi connectivity index (χ2n) is 7.07. The predicted octanol–water partition coefficient (Wildman–Crippen LogP) is 4.06. The van der Waals surface area contributed by atoms with Gasteiger partial charge in [-0.25, -0.2) is 9.97 Å². The summed E-state index contributed by atoms with van der Waals surface area (Å²) in [6.07, 6.45) is 0. The molecule has 0 spiro atoms. The van der Waals surface area contributed by atoms with E-state index in [1.807, 2.05) is 40.7 Å². The first-order valence-corrected chi connectivity index (χ1v) is 9.70. The lowest BCUT2D eigenvalue weighted by atomic mass is 10.0. The molecule has 1 unspecified atom stereocenters. The number of nitrogens with one attached hydrogen (secondary N) is 2. The molecular formula is C20H25BrN4O2. The molecule has 7 heteroatoms. The lowest BCUT2D eigenvalue weighted by Gasteiger charge is -2.22. The van der Waals surface area contributed by atoms with Crippen molar-refractivity contribution in [1.82, 2.24) is 15.3 Å². The molecule has 0 aliphatic heterocycles. The third-order valence-electron chi connectivity index (χ3n) is 3.99. The SMILES string of the molecule is Cc1cc(NC(=O)C(NC(=O)c2ccccc2Br)C(C)C)nc(C(C)C)n1. The number of halogens is 1. The van der Waals surface area contributed by atoms with E-state index in [-0.39, 0.29) is 23.7 Å². The second kappa shape index (κ2) is 9.08. The van der Waals surface area contributed by atoms with Gasteiger partial charge in [0.1, 0.15) is 17.7 Å². The number of amides is 2. The molecule has 6 nitrogen and oxygen atoms in total. The fourth-order valence-corrected chi connectivity index (χ4v) is 2.98. The molecular weight excluding hydrogens is 408 g/mol. The van der Waals surface area contributed by atoms with E-state index < -0.39 is 6.04 Å². The fourth-order valence-electron chi connectivity index (χ4n) is 2.52. The lowest BCUT2D eigenvalue weighted by molar-refractivity contribution is -0.118. The zero-order chi connectivity index (χ0) is 20.1. The Hall–Kier alpha value is -2.28. The summed E-state index contributed by atoms with van der Waals surface area (Å²) >= 11 is 3.37. The van der Waals surface area contributed by atoms with Gasteiger partial charge < -0.3 is 10.6 Å². The maximum atomic E-state index is 12.8. The van der Waals surface area contributed by atoms with Crippen molar-refractivity contribution in [2.24, 2.45) is 5.92 Å². The van der Waals surface area contributed by atoms with Gasteiger partial charge in [-0.1, -0.05) is 39.8 Å². The molecule has 1 heterocycles. The van der Waals surface area contributed by atoms with Crippen LogP contribution in [0.5, 0.6) is 0 Å². The van der Waals surface area contributed by atoms with Crippen molar-refractivity contribution in [3.05, 3.63) is 51.9 Å². The molecule has 2 aromatic rings. The molecule has 1 atom stereocenters. The number of aryl methyl sites for hydroxylation is 1. The predicted molar refractivity (Wildman–Crippen MR) is 110 cm³/mol. The van der Waals surface area contributed by atoms with Crippen LogP contribution in [0.25, 0.3) is 0 Å². The number of anilines is 1. The van der Waals surface area contributed by atoms with Crippen LogP contribution in [0.2, 0.25) is 0 Å². The average Bonchev–Trinajstić information content (AvgIpc) is 2.58. The molecule has 2 rings (SSSR count). The molecule has 1 aromatic heterocycles. The second-order valence-corrected chi connectivity index (χ2v) is 7.93. The summed E-state index contributed by atoms with van der Waals surface area (Å²) in [5, 5.41) is 5.64. The van der Waals surface area contributed by atoms with E-state index in [0.717, 1.165) is 5.69 Å². The Kier molecular flexibility index (Phi) is 7.07.